The van der Waals surface area contributed by atoms with Gasteiger partial charge in [-0.2, -0.15) is 0 Å². The number of hydrogen-bond donors (Lipinski definition) is 0. The number of para-hydroxylation sites is 1. The maximum Gasteiger partial charge on any atom is 0.261 e. The third kappa shape index (κ3) is 4.60. The molecule has 0 radical (unpaired) electrons. The second-order valence-corrected chi connectivity index (χ2v) is 8.18. The summed E-state index contributed by atoms with van der Waals surface area (Å²) in [6, 6.07) is 18.2. The molecule has 0 saturated heterocycles. The fraction of sp³-hybridized carbons (Fsp3) is 0.296. The molecule has 0 N–H and O–H groups in total. The SMILES string of the molecule is CCCn1c(C(C)N(Cc2ccco2)C(=O)c2ccc(CC)cc2)nc2ccccc2c1=O. The van der Waals surface area contributed by atoms with E-state index >= 15 is 0 Å². The van der Waals surface area contributed by atoms with Crippen molar-refractivity contribution >= 4 is 16.8 Å². The lowest BCUT2D eigenvalue weighted by atomic mass is 10.1. The second-order valence-electron chi connectivity index (χ2n) is 8.18. The summed E-state index contributed by atoms with van der Waals surface area (Å²) in [5.41, 5.74) is 2.32. The van der Waals surface area contributed by atoms with Crippen LogP contribution in [-0.4, -0.2) is 20.4 Å². The van der Waals surface area contributed by atoms with Gasteiger partial charge in [0.15, 0.2) is 0 Å². The zero-order valence-corrected chi connectivity index (χ0v) is 19.3. The number of aromatic nitrogens is 2. The highest BCUT2D eigenvalue weighted by atomic mass is 16.3. The van der Waals surface area contributed by atoms with Gasteiger partial charge in [0, 0.05) is 12.1 Å². The second kappa shape index (κ2) is 9.86. The largest absolute Gasteiger partial charge is 0.467 e. The van der Waals surface area contributed by atoms with Crippen molar-refractivity contribution in [3.63, 3.8) is 0 Å². The van der Waals surface area contributed by atoms with Crippen LogP contribution in [-0.2, 0) is 19.5 Å². The van der Waals surface area contributed by atoms with Crippen LogP contribution in [0, 0.1) is 0 Å². The van der Waals surface area contributed by atoms with E-state index in [-0.39, 0.29) is 18.0 Å². The number of nitrogens with zero attached hydrogens (tertiary/aromatic N) is 3. The normalized spacial score (nSPS) is 12.1. The molecule has 0 saturated carbocycles. The van der Waals surface area contributed by atoms with Gasteiger partial charge in [-0.15, -0.1) is 0 Å². The predicted octanol–water partition coefficient (Wildman–Crippen LogP) is 5.37. The smallest absolute Gasteiger partial charge is 0.261 e. The molecule has 2 aromatic carbocycles. The van der Waals surface area contributed by atoms with Crippen molar-refractivity contribution in [1.29, 1.82) is 0 Å². The summed E-state index contributed by atoms with van der Waals surface area (Å²) in [6.45, 7) is 6.84. The lowest BCUT2D eigenvalue weighted by Gasteiger charge is -2.30. The Kier molecular flexibility index (Phi) is 6.73. The molecular weight excluding hydrogens is 414 g/mol. The van der Waals surface area contributed by atoms with E-state index in [2.05, 4.69) is 6.92 Å². The van der Waals surface area contributed by atoms with Gasteiger partial charge >= 0.3 is 0 Å². The van der Waals surface area contributed by atoms with Gasteiger partial charge in [0.2, 0.25) is 0 Å². The first kappa shape index (κ1) is 22.5. The number of fused-ring (bicyclic) bond motifs is 1. The Bertz CT molecular complexity index is 1290. The molecule has 0 aliphatic carbocycles. The third-order valence-electron chi connectivity index (χ3n) is 5.96. The summed E-state index contributed by atoms with van der Waals surface area (Å²) in [7, 11) is 0. The molecule has 6 heteroatoms. The van der Waals surface area contributed by atoms with Gasteiger partial charge in [0.25, 0.3) is 11.5 Å². The van der Waals surface area contributed by atoms with E-state index in [1.807, 2.05) is 62.4 Å². The van der Waals surface area contributed by atoms with E-state index < -0.39 is 6.04 Å². The zero-order chi connectivity index (χ0) is 23.4. The highest BCUT2D eigenvalue weighted by Crippen LogP contribution is 2.25. The van der Waals surface area contributed by atoms with Gasteiger partial charge in [0.1, 0.15) is 11.6 Å². The Hall–Kier alpha value is -3.67. The van der Waals surface area contributed by atoms with Gasteiger partial charge < -0.3 is 9.32 Å². The summed E-state index contributed by atoms with van der Waals surface area (Å²) in [4.78, 5) is 33.5. The summed E-state index contributed by atoms with van der Waals surface area (Å²) in [6.07, 6.45) is 3.29. The fourth-order valence-electron chi connectivity index (χ4n) is 4.09. The van der Waals surface area contributed by atoms with Crippen LogP contribution < -0.4 is 5.56 Å². The van der Waals surface area contributed by atoms with Crippen LogP contribution in [0.25, 0.3) is 10.9 Å². The summed E-state index contributed by atoms with van der Waals surface area (Å²) < 4.78 is 7.27. The molecule has 0 fully saturated rings. The summed E-state index contributed by atoms with van der Waals surface area (Å²) in [5.74, 6) is 1.11. The summed E-state index contributed by atoms with van der Waals surface area (Å²) in [5, 5.41) is 0.584. The average Bonchev–Trinajstić information content (AvgIpc) is 3.37. The standard InChI is InChI=1S/C27H29N3O3/c1-4-16-29-25(28-24-11-7-6-10-23(24)27(29)32)19(3)30(18-22-9-8-17-33-22)26(31)21-14-12-20(5-2)13-15-21/h6-15,17,19H,4-5,16,18H2,1-3H3. The van der Waals surface area contributed by atoms with Gasteiger partial charge in [-0.1, -0.05) is 38.1 Å². The topological polar surface area (TPSA) is 68.3 Å². The molecule has 0 bridgehead atoms. The molecule has 0 aliphatic rings. The molecular formula is C27H29N3O3. The minimum absolute atomic E-state index is 0.0815. The Labute approximate surface area is 193 Å². The van der Waals surface area contributed by atoms with Crippen molar-refractivity contribution in [3.05, 3.63) is 100.0 Å². The molecule has 4 rings (SSSR count). The first-order chi connectivity index (χ1) is 16.0. The predicted molar refractivity (Wildman–Crippen MR) is 129 cm³/mol. The van der Waals surface area contributed by atoms with Crippen molar-refractivity contribution < 1.29 is 9.21 Å². The molecule has 33 heavy (non-hydrogen) atoms. The van der Waals surface area contributed by atoms with Crippen LogP contribution in [0.1, 0.15) is 60.7 Å². The zero-order valence-electron chi connectivity index (χ0n) is 19.3. The highest BCUT2D eigenvalue weighted by molar-refractivity contribution is 5.94. The Morgan fingerprint density at radius 1 is 1.06 bits per heavy atom. The monoisotopic (exact) mass is 443 g/mol. The summed E-state index contributed by atoms with van der Waals surface area (Å²) >= 11 is 0. The Morgan fingerprint density at radius 3 is 2.48 bits per heavy atom. The molecule has 0 aliphatic heterocycles. The molecule has 1 amide bonds. The van der Waals surface area contributed by atoms with Crippen LogP contribution in [0.3, 0.4) is 0 Å². The van der Waals surface area contributed by atoms with Crippen LogP contribution >= 0.6 is 0 Å². The van der Waals surface area contributed by atoms with Gasteiger partial charge in [-0.25, -0.2) is 4.98 Å². The number of hydrogen-bond acceptors (Lipinski definition) is 4. The molecule has 170 valence electrons. The fourth-order valence-corrected chi connectivity index (χ4v) is 4.09. The first-order valence-electron chi connectivity index (χ1n) is 11.4. The Morgan fingerprint density at radius 2 is 1.82 bits per heavy atom. The molecule has 4 aromatic rings. The number of carbonyl (C=O) groups is 1. The van der Waals surface area contributed by atoms with Crippen LogP contribution in [0.15, 0.2) is 76.1 Å². The van der Waals surface area contributed by atoms with Gasteiger partial charge in [0.05, 0.1) is 29.8 Å². The molecule has 1 atom stereocenters. The van der Waals surface area contributed by atoms with Crippen molar-refractivity contribution in [1.82, 2.24) is 14.5 Å². The number of aryl methyl sites for hydroxylation is 1. The highest BCUT2D eigenvalue weighted by Gasteiger charge is 2.28. The molecule has 2 heterocycles. The lowest BCUT2D eigenvalue weighted by molar-refractivity contribution is 0.0646. The number of carbonyl (C=O) groups excluding carboxylic acids is 1. The number of benzene rings is 2. The maximum atomic E-state index is 13.7. The van der Waals surface area contributed by atoms with E-state index in [1.165, 1.54) is 5.56 Å². The van der Waals surface area contributed by atoms with Crippen LogP contribution in [0.5, 0.6) is 0 Å². The molecule has 1 unspecified atom stereocenters. The number of rotatable bonds is 8. The maximum absolute atomic E-state index is 13.7. The lowest BCUT2D eigenvalue weighted by Crippen LogP contribution is -2.37. The number of amides is 1. The van der Waals surface area contributed by atoms with E-state index in [9.17, 15) is 9.59 Å². The molecule has 0 spiro atoms. The molecule has 6 nitrogen and oxygen atoms in total. The van der Waals surface area contributed by atoms with E-state index in [0.717, 1.165) is 12.8 Å². The van der Waals surface area contributed by atoms with E-state index in [1.54, 1.807) is 27.9 Å². The van der Waals surface area contributed by atoms with Gasteiger partial charge in [-0.3, -0.25) is 14.2 Å². The van der Waals surface area contributed by atoms with E-state index in [0.29, 0.717) is 34.6 Å². The minimum Gasteiger partial charge on any atom is -0.467 e. The van der Waals surface area contributed by atoms with Crippen molar-refractivity contribution in [2.75, 3.05) is 0 Å². The van der Waals surface area contributed by atoms with Gasteiger partial charge in [-0.05, 0) is 61.7 Å². The molecule has 2 aromatic heterocycles. The minimum atomic E-state index is -0.447. The number of furan rings is 1. The Balaban J connectivity index is 1.81. The van der Waals surface area contributed by atoms with Crippen molar-refractivity contribution in [2.24, 2.45) is 0 Å². The van der Waals surface area contributed by atoms with Crippen LogP contribution in [0.4, 0.5) is 0 Å². The van der Waals surface area contributed by atoms with Crippen molar-refractivity contribution in [3.8, 4) is 0 Å². The first-order valence-corrected chi connectivity index (χ1v) is 11.4. The van der Waals surface area contributed by atoms with Crippen LogP contribution in [0.2, 0.25) is 0 Å². The third-order valence-corrected chi connectivity index (χ3v) is 5.96. The van der Waals surface area contributed by atoms with E-state index in [4.69, 9.17) is 9.40 Å². The average molecular weight is 444 g/mol. The quantitative estimate of drug-likeness (QED) is 0.367. The van der Waals surface area contributed by atoms with Crippen molar-refractivity contribution in [2.45, 2.75) is 52.7 Å².